The lowest BCUT2D eigenvalue weighted by atomic mass is 10.3. The van der Waals surface area contributed by atoms with E-state index in [1.165, 1.54) is 36.4 Å². The van der Waals surface area contributed by atoms with Crippen molar-refractivity contribution in [2.24, 2.45) is 4.99 Å². The van der Waals surface area contributed by atoms with Crippen LogP contribution < -0.4 is 0 Å². The van der Waals surface area contributed by atoms with Gasteiger partial charge >= 0.3 is 5.97 Å². The molecule has 0 saturated heterocycles. The van der Waals surface area contributed by atoms with Crippen LogP contribution in [-0.2, 0) is 9.53 Å². The third-order valence-corrected chi connectivity index (χ3v) is 1.87. The SMILES string of the molecule is O=C1C=CC(=Nc2ccc([N+](=O)[O-])cc2)O1. The van der Waals surface area contributed by atoms with E-state index in [0.717, 1.165) is 0 Å². The van der Waals surface area contributed by atoms with Gasteiger partial charge < -0.3 is 4.74 Å². The van der Waals surface area contributed by atoms with Crippen LogP contribution in [0.3, 0.4) is 0 Å². The second-order valence-electron chi connectivity index (χ2n) is 2.98. The zero-order valence-electron chi connectivity index (χ0n) is 7.99. The number of nitro benzene ring substituents is 1. The molecular formula is C10H6N2O4. The number of aliphatic imine (C=N–C) groups is 1. The van der Waals surface area contributed by atoms with Crippen LogP contribution in [0.1, 0.15) is 0 Å². The summed E-state index contributed by atoms with van der Waals surface area (Å²) in [4.78, 5) is 24.6. The average molecular weight is 218 g/mol. The summed E-state index contributed by atoms with van der Waals surface area (Å²) in [5.74, 6) is -0.292. The Hall–Kier alpha value is -2.50. The van der Waals surface area contributed by atoms with Crippen molar-refractivity contribution in [2.45, 2.75) is 0 Å². The molecule has 0 N–H and O–H groups in total. The Morgan fingerprint density at radius 3 is 2.38 bits per heavy atom. The van der Waals surface area contributed by atoms with Gasteiger partial charge in [0, 0.05) is 24.3 Å². The van der Waals surface area contributed by atoms with Crippen molar-refractivity contribution >= 4 is 23.2 Å². The van der Waals surface area contributed by atoms with Gasteiger partial charge in [-0.3, -0.25) is 10.1 Å². The maximum atomic E-state index is 10.7. The summed E-state index contributed by atoms with van der Waals surface area (Å²) in [5, 5.41) is 10.4. The molecule has 0 fully saturated rings. The Morgan fingerprint density at radius 1 is 1.19 bits per heavy atom. The fourth-order valence-electron chi connectivity index (χ4n) is 1.15. The second-order valence-corrected chi connectivity index (χ2v) is 2.98. The number of non-ortho nitro benzene ring substituents is 1. The minimum atomic E-state index is -0.494. The summed E-state index contributed by atoms with van der Waals surface area (Å²) in [6.45, 7) is 0. The van der Waals surface area contributed by atoms with E-state index < -0.39 is 10.9 Å². The van der Waals surface area contributed by atoms with Crippen LogP contribution in [-0.4, -0.2) is 16.8 Å². The number of nitro groups is 1. The molecule has 0 aliphatic carbocycles. The minimum absolute atomic E-state index is 0.0112. The van der Waals surface area contributed by atoms with Gasteiger partial charge in [-0.2, -0.15) is 0 Å². The molecule has 0 amide bonds. The Kier molecular flexibility index (Phi) is 2.47. The molecule has 0 saturated carbocycles. The smallest absolute Gasteiger partial charge is 0.337 e. The van der Waals surface area contributed by atoms with E-state index in [0.29, 0.717) is 5.69 Å². The van der Waals surface area contributed by atoms with E-state index in [9.17, 15) is 14.9 Å². The van der Waals surface area contributed by atoms with Crippen molar-refractivity contribution in [2.75, 3.05) is 0 Å². The summed E-state index contributed by atoms with van der Waals surface area (Å²) in [7, 11) is 0. The van der Waals surface area contributed by atoms with E-state index in [2.05, 4.69) is 4.99 Å². The van der Waals surface area contributed by atoms with Crippen molar-refractivity contribution in [1.29, 1.82) is 0 Å². The van der Waals surface area contributed by atoms with Gasteiger partial charge in [0.1, 0.15) is 0 Å². The predicted molar refractivity (Wildman–Crippen MR) is 55.4 cm³/mol. The van der Waals surface area contributed by atoms with Crippen molar-refractivity contribution in [3.8, 4) is 0 Å². The highest BCUT2D eigenvalue weighted by atomic mass is 16.6. The molecule has 0 unspecified atom stereocenters. The Balaban J connectivity index is 2.20. The molecule has 0 spiro atoms. The van der Waals surface area contributed by atoms with E-state index in [1.807, 2.05) is 0 Å². The van der Waals surface area contributed by atoms with Gasteiger partial charge in [-0.1, -0.05) is 0 Å². The monoisotopic (exact) mass is 218 g/mol. The Morgan fingerprint density at radius 2 is 1.88 bits per heavy atom. The van der Waals surface area contributed by atoms with Gasteiger partial charge in [0.05, 0.1) is 10.6 Å². The Labute approximate surface area is 90.0 Å². The first-order chi connectivity index (χ1) is 7.65. The van der Waals surface area contributed by atoms with Gasteiger partial charge in [-0.15, -0.1) is 0 Å². The number of carbonyl (C=O) groups is 1. The molecule has 0 aromatic heterocycles. The van der Waals surface area contributed by atoms with Crippen molar-refractivity contribution in [3.05, 3.63) is 46.5 Å². The Bertz CT molecular complexity index is 502. The van der Waals surface area contributed by atoms with Crippen LogP contribution in [0.15, 0.2) is 41.4 Å². The van der Waals surface area contributed by atoms with Crippen molar-refractivity contribution in [3.63, 3.8) is 0 Å². The predicted octanol–water partition coefficient (Wildman–Crippen LogP) is 1.74. The number of nitrogens with zero attached hydrogens (tertiary/aromatic N) is 2. The maximum Gasteiger partial charge on any atom is 0.337 e. The van der Waals surface area contributed by atoms with E-state index in [1.54, 1.807) is 0 Å². The van der Waals surface area contributed by atoms with Crippen LogP contribution in [0.2, 0.25) is 0 Å². The van der Waals surface area contributed by atoms with Crippen LogP contribution in [0.25, 0.3) is 0 Å². The van der Waals surface area contributed by atoms with Gasteiger partial charge in [0.2, 0.25) is 5.90 Å². The van der Waals surface area contributed by atoms with Gasteiger partial charge in [-0.25, -0.2) is 9.79 Å². The fourth-order valence-corrected chi connectivity index (χ4v) is 1.15. The molecule has 80 valence electrons. The second kappa shape index (κ2) is 3.93. The zero-order chi connectivity index (χ0) is 11.5. The molecule has 2 rings (SSSR count). The number of ether oxygens (including phenoxy) is 1. The van der Waals surface area contributed by atoms with Gasteiger partial charge in [0.15, 0.2) is 0 Å². The number of rotatable bonds is 2. The molecule has 1 heterocycles. The number of benzene rings is 1. The molecule has 1 aliphatic heterocycles. The summed E-state index contributed by atoms with van der Waals surface area (Å²) in [5.41, 5.74) is 0.475. The summed E-state index contributed by atoms with van der Waals surface area (Å²) in [6.07, 6.45) is 2.69. The number of hydrogen-bond donors (Lipinski definition) is 0. The van der Waals surface area contributed by atoms with E-state index in [4.69, 9.17) is 4.74 Å². The molecule has 1 aromatic rings. The number of cyclic esters (lactones) is 1. The lowest BCUT2D eigenvalue weighted by Crippen LogP contribution is -1.98. The van der Waals surface area contributed by atoms with Crippen LogP contribution >= 0.6 is 0 Å². The molecule has 0 radical (unpaired) electrons. The first-order valence-corrected chi connectivity index (χ1v) is 4.38. The minimum Gasteiger partial charge on any atom is -0.404 e. The highest BCUT2D eigenvalue weighted by Crippen LogP contribution is 2.18. The topological polar surface area (TPSA) is 81.8 Å². The molecule has 16 heavy (non-hydrogen) atoms. The van der Waals surface area contributed by atoms with Gasteiger partial charge in [-0.05, 0) is 12.1 Å². The summed E-state index contributed by atoms with van der Waals surface area (Å²) < 4.78 is 4.71. The third-order valence-electron chi connectivity index (χ3n) is 1.87. The molecule has 1 aliphatic rings. The van der Waals surface area contributed by atoms with Crippen LogP contribution in [0, 0.1) is 10.1 Å². The van der Waals surface area contributed by atoms with E-state index >= 15 is 0 Å². The molecule has 6 nitrogen and oxygen atoms in total. The molecular weight excluding hydrogens is 212 g/mol. The summed E-state index contributed by atoms with van der Waals surface area (Å²) in [6, 6.07) is 5.62. The number of carbonyl (C=O) groups excluding carboxylic acids is 1. The largest absolute Gasteiger partial charge is 0.404 e. The maximum absolute atomic E-state index is 10.7. The fraction of sp³-hybridized carbons (Fsp3) is 0. The van der Waals surface area contributed by atoms with Crippen LogP contribution in [0.5, 0.6) is 0 Å². The lowest BCUT2D eigenvalue weighted by molar-refractivity contribution is -0.384. The standard InChI is InChI=1S/C10H6N2O4/c13-10-6-5-9(16-10)11-7-1-3-8(4-2-7)12(14)15/h1-6H. The molecule has 0 bridgehead atoms. The quantitative estimate of drug-likeness (QED) is 0.430. The summed E-state index contributed by atoms with van der Waals surface area (Å²) >= 11 is 0. The van der Waals surface area contributed by atoms with Crippen molar-refractivity contribution in [1.82, 2.24) is 0 Å². The normalized spacial score (nSPS) is 16.5. The lowest BCUT2D eigenvalue weighted by Gasteiger charge is -1.96. The molecule has 6 heteroatoms. The van der Waals surface area contributed by atoms with E-state index in [-0.39, 0.29) is 11.6 Å². The molecule has 1 aromatic carbocycles. The first kappa shape index (κ1) is 10.0. The van der Waals surface area contributed by atoms with Crippen LogP contribution in [0.4, 0.5) is 11.4 Å². The number of esters is 1. The highest BCUT2D eigenvalue weighted by molar-refractivity contribution is 6.08. The number of hydrogen-bond acceptors (Lipinski definition) is 5. The first-order valence-electron chi connectivity index (χ1n) is 4.38. The molecule has 0 atom stereocenters. The third kappa shape index (κ3) is 2.11. The zero-order valence-corrected chi connectivity index (χ0v) is 7.99. The highest BCUT2D eigenvalue weighted by Gasteiger charge is 2.11. The average Bonchev–Trinajstić information content (AvgIpc) is 2.65. The van der Waals surface area contributed by atoms with Crippen molar-refractivity contribution < 1.29 is 14.5 Å². The van der Waals surface area contributed by atoms with Gasteiger partial charge in [0.25, 0.3) is 5.69 Å².